The van der Waals surface area contributed by atoms with Crippen molar-refractivity contribution in [3.63, 3.8) is 0 Å². The van der Waals surface area contributed by atoms with Gasteiger partial charge in [-0.05, 0) is 12.1 Å². The van der Waals surface area contributed by atoms with E-state index in [0.717, 1.165) is 0 Å². The van der Waals surface area contributed by atoms with E-state index in [1.807, 2.05) is 0 Å². The van der Waals surface area contributed by atoms with Crippen LogP contribution in [0.4, 0.5) is 0 Å². The van der Waals surface area contributed by atoms with Gasteiger partial charge in [-0.1, -0.05) is 41.3 Å². The summed E-state index contributed by atoms with van der Waals surface area (Å²) in [5.41, 5.74) is 0.985. The first kappa shape index (κ1) is 19.8. The number of ether oxygens (including phenoxy) is 2. The number of rotatable bonds is 4. The van der Waals surface area contributed by atoms with Gasteiger partial charge >= 0.3 is 0 Å². The lowest BCUT2D eigenvalue weighted by Gasteiger charge is -2.40. The lowest BCUT2D eigenvalue weighted by atomic mass is 9.97. The molecular formula is C16H19Cl2NO7. The van der Waals surface area contributed by atoms with E-state index in [0.29, 0.717) is 21.3 Å². The van der Waals surface area contributed by atoms with Crippen molar-refractivity contribution in [1.82, 2.24) is 0 Å². The highest BCUT2D eigenvalue weighted by Crippen LogP contribution is 2.34. The van der Waals surface area contributed by atoms with Gasteiger partial charge in [-0.2, -0.15) is 0 Å². The molecule has 0 bridgehead atoms. The minimum absolute atomic E-state index is 0.403. The third-order valence-corrected chi connectivity index (χ3v) is 5.06. The van der Waals surface area contributed by atoms with Crippen molar-refractivity contribution in [2.24, 2.45) is 11.1 Å². The Morgan fingerprint density at radius 2 is 1.73 bits per heavy atom. The third kappa shape index (κ3) is 3.56. The number of nitrogens with zero attached hydrogens (tertiary/aromatic N) is 1. The lowest BCUT2D eigenvalue weighted by molar-refractivity contribution is -0.337. The van der Waals surface area contributed by atoms with E-state index in [1.165, 1.54) is 0 Å². The number of hydrogen-bond donors (Lipinski definition) is 4. The molecule has 0 saturated carbocycles. The summed E-state index contributed by atoms with van der Waals surface area (Å²) in [6.45, 7) is 1.21. The summed E-state index contributed by atoms with van der Waals surface area (Å²) in [7, 11) is 0. The van der Waals surface area contributed by atoms with Crippen molar-refractivity contribution in [1.29, 1.82) is 0 Å². The predicted octanol–water partition coefficient (Wildman–Crippen LogP) is 0.506. The van der Waals surface area contributed by atoms with Gasteiger partial charge in [0.25, 0.3) is 0 Å². The van der Waals surface area contributed by atoms with Crippen LogP contribution < -0.4 is 0 Å². The Bertz CT molecular complexity index is 666. The average molecular weight is 408 g/mol. The van der Waals surface area contributed by atoms with Crippen LogP contribution in [0.15, 0.2) is 23.4 Å². The quantitative estimate of drug-likeness (QED) is 0.573. The molecule has 2 aliphatic rings. The van der Waals surface area contributed by atoms with Crippen LogP contribution in [0.25, 0.3) is 0 Å². The summed E-state index contributed by atoms with van der Waals surface area (Å²) in [5, 5.41) is 43.7. The number of hydrogen-bond acceptors (Lipinski definition) is 8. The highest BCUT2D eigenvalue weighted by atomic mass is 35.5. The Kier molecular flexibility index (Phi) is 6.05. The van der Waals surface area contributed by atoms with Gasteiger partial charge in [0.05, 0.1) is 28.3 Å². The number of aliphatic hydroxyl groups excluding tert-OH is 4. The molecule has 2 aliphatic heterocycles. The molecule has 0 aromatic heterocycles. The van der Waals surface area contributed by atoms with Crippen LogP contribution in [-0.4, -0.2) is 69.7 Å². The van der Waals surface area contributed by atoms with E-state index in [-0.39, 0.29) is 0 Å². The van der Waals surface area contributed by atoms with E-state index in [9.17, 15) is 20.4 Å². The fourth-order valence-corrected chi connectivity index (χ4v) is 3.47. The summed E-state index contributed by atoms with van der Waals surface area (Å²) >= 11 is 12.4. The molecule has 0 radical (unpaired) electrons. The molecule has 1 fully saturated rings. The molecule has 2 heterocycles. The molecule has 0 spiro atoms. The molecule has 8 nitrogen and oxygen atoms in total. The van der Waals surface area contributed by atoms with Crippen molar-refractivity contribution >= 4 is 28.9 Å². The minimum Gasteiger partial charge on any atom is -0.394 e. The van der Waals surface area contributed by atoms with Crippen LogP contribution in [0.5, 0.6) is 0 Å². The summed E-state index contributed by atoms with van der Waals surface area (Å²) in [5.74, 6) is -0.417. The maximum Gasteiger partial charge on any atom is 0.237 e. The Morgan fingerprint density at radius 3 is 2.35 bits per heavy atom. The monoisotopic (exact) mass is 407 g/mol. The number of benzene rings is 1. The molecule has 4 N–H and O–H groups in total. The van der Waals surface area contributed by atoms with Gasteiger partial charge in [0.1, 0.15) is 24.4 Å². The summed E-state index contributed by atoms with van der Waals surface area (Å²) in [4.78, 5) is 5.28. The molecular weight excluding hydrogens is 389 g/mol. The molecule has 26 heavy (non-hydrogen) atoms. The smallest absolute Gasteiger partial charge is 0.237 e. The zero-order valence-electron chi connectivity index (χ0n) is 13.7. The van der Waals surface area contributed by atoms with E-state index < -0.39 is 49.5 Å². The highest BCUT2D eigenvalue weighted by Gasteiger charge is 2.47. The van der Waals surface area contributed by atoms with Crippen molar-refractivity contribution in [2.45, 2.75) is 43.9 Å². The molecule has 2 unspecified atom stereocenters. The van der Waals surface area contributed by atoms with Gasteiger partial charge in [0.15, 0.2) is 6.29 Å². The first-order valence-corrected chi connectivity index (χ1v) is 8.74. The molecule has 144 valence electrons. The summed E-state index contributed by atoms with van der Waals surface area (Å²) < 4.78 is 10.9. The van der Waals surface area contributed by atoms with Crippen molar-refractivity contribution in [3.8, 4) is 0 Å². The van der Waals surface area contributed by atoms with E-state index in [1.54, 1.807) is 25.1 Å². The SMILES string of the molecule is CC1C(c2c(Cl)cccc2Cl)=NOC1O[C@H]1O[C@H](CO)[C@H](O)[C@H](O)[C@H]1O. The maximum absolute atomic E-state index is 10.1. The minimum atomic E-state index is -1.54. The molecule has 1 aromatic carbocycles. The van der Waals surface area contributed by atoms with Crippen molar-refractivity contribution in [2.75, 3.05) is 6.61 Å². The van der Waals surface area contributed by atoms with E-state index >= 15 is 0 Å². The first-order valence-electron chi connectivity index (χ1n) is 7.99. The standard InChI is InChI=1S/C16H19Cl2NO7/c1-6-11(10-7(17)3-2-4-8(10)18)19-26-15(6)25-16-14(23)13(22)12(21)9(5-20)24-16/h2-4,6,9,12-16,20-23H,5H2,1H3/t6?,9-,12+,13+,14-,15?,16-/m1/s1. The molecule has 7 atom stereocenters. The van der Waals surface area contributed by atoms with Crippen molar-refractivity contribution < 1.29 is 34.7 Å². The van der Waals surface area contributed by atoms with E-state index in [4.69, 9.17) is 37.5 Å². The molecule has 10 heteroatoms. The Hall–Kier alpha value is -0.970. The average Bonchev–Trinajstić information content (AvgIpc) is 2.96. The first-order chi connectivity index (χ1) is 12.3. The number of halogens is 2. The van der Waals surface area contributed by atoms with Gasteiger partial charge in [0, 0.05) is 5.56 Å². The second-order valence-electron chi connectivity index (χ2n) is 6.17. The summed E-state index contributed by atoms with van der Waals surface area (Å²) in [6.07, 6.45) is -7.88. The zero-order chi connectivity index (χ0) is 19.0. The normalized spacial score (nSPS) is 37.3. The van der Waals surface area contributed by atoms with Gasteiger partial charge in [0.2, 0.25) is 6.29 Å². The van der Waals surface area contributed by atoms with Crippen LogP contribution in [0, 0.1) is 5.92 Å². The molecule has 1 saturated heterocycles. The lowest BCUT2D eigenvalue weighted by Crippen LogP contribution is -2.59. The fraction of sp³-hybridized carbons (Fsp3) is 0.562. The summed E-state index contributed by atoms with van der Waals surface area (Å²) in [6, 6.07) is 5.05. The Labute approximate surface area is 159 Å². The number of oxime groups is 1. The Morgan fingerprint density at radius 1 is 1.08 bits per heavy atom. The van der Waals surface area contributed by atoms with Crippen LogP contribution >= 0.6 is 23.2 Å². The second-order valence-corrected chi connectivity index (χ2v) is 6.98. The van der Waals surface area contributed by atoms with Crippen molar-refractivity contribution in [3.05, 3.63) is 33.8 Å². The molecule has 0 aliphatic carbocycles. The number of aliphatic hydroxyl groups is 4. The van der Waals surface area contributed by atoms with Gasteiger partial charge in [-0.25, -0.2) is 0 Å². The van der Waals surface area contributed by atoms with Gasteiger partial charge in [-0.15, -0.1) is 0 Å². The second kappa shape index (κ2) is 7.95. The predicted molar refractivity (Wildman–Crippen MR) is 91.9 cm³/mol. The van der Waals surface area contributed by atoms with Crippen LogP contribution in [0.1, 0.15) is 12.5 Å². The van der Waals surface area contributed by atoms with Gasteiger partial charge < -0.3 is 34.7 Å². The Balaban J connectivity index is 1.73. The maximum atomic E-state index is 10.1. The van der Waals surface area contributed by atoms with E-state index in [2.05, 4.69) is 5.16 Å². The topological polar surface area (TPSA) is 121 Å². The molecule has 0 amide bonds. The molecule has 1 aromatic rings. The van der Waals surface area contributed by atoms with Crippen LogP contribution in [0.2, 0.25) is 10.0 Å². The third-order valence-electron chi connectivity index (χ3n) is 4.43. The zero-order valence-corrected chi connectivity index (χ0v) is 15.2. The highest BCUT2D eigenvalue weighted by molar-refractivity contribution is 6.40. The molecule has 3 rings (SSSR count). The van der Waals surface area contributed by atoms with Crippen LogP contribution in [0.3, 0.4) is 0 Å². The fourth-order valence-electron chi connectivity index (χ4n) is 2.88. The van der Waals surface area contributed by atoms with Crippen LogP contribution in [-0.2, 0) is 14.3 Å². The van der Waals surface area contributed by atoms with Gasteiger partial charge in [-0.3, -0.25) is 0 Å². The largest absolute Gasteiger partial charge is 0.394 e.